The lowest BCUT2D eigenvalue weighted by atomic mass is 10.1. The van der Waals surface area contributed by atoms with Crippen LogP contribution in [0.15, 0.2) is 48.7 Å². The summed E-state index contributed by atoms with van der Waals surface area (Å²) in [6.07, 6.45) is 3.03. The Morgan fingerprint density at radius 1 is 1.15 bits per heavy atom. The summed E-state index contributed by atoms with van der Waals surface area (Å²) in [6.45, 7) is 3.60. The van der Waals surface area contributed by atoms with Crippen molar-refractivity contribution < 1.29 is 0 Å². The van der Waals surface area contributed by atoms with E-state index in [1.54, 1.807) is 0 Å². The minimum atomic E-state index is 0.681. The van der Waals surface area contributed by atoms with Gasteiger partial charge in [0.1, 0.15) is 0 Å². The lowest BCUT2D eigenvalue weighted by Gasteiger charge is -2.12. The number of nitrogens with two attached hydrogens (primary N) is 1. The smallest absolute Gasteiger partial charge is 0.0708 e. The standard InChI is InChI=1S/C17H19N3/c1-13-11-14(16-6-2-3-7-17(16)19-13)12-20-10-4-5-15(20)8-9-18/h2-7,10-11H,8-9,12,18H2,1H3. The molecule has 0 atom stereocenters. The normalized spacial score (nSPS) is 11.1. The Bertz CT molecular complexity index is 728. The Morgan fingerprint density at radius 2 is 2.00 bits per heavy atom. The topological polar surface area (TPSA) is 43.8 Å². The fourth-order valence-electron chi connectivity index (χ4n) is 2.69. The van der Waals surface area contributed by atoms with E-state index in [1.165, 1.54) is 16.6 Å². The fourth-order valence-corrected chi connectivity index (χ4v) is 2.69. The summed E-state index contributed by atoms with van der Waals surface area (Å²) in [4.78, 5) is 4.60. The van der Waals surface area contributed by atoms with Crippen molar-refractivity contribution in [3.05, 3.63) is 65.6 Å². The molecule has 0 bridgehead atoms. The zero-order chi connectivity index (χ0) is 13.9. The van der Waals surface area contributed by atoms with Crippen LogP contribution in [0.4, 0.5) is 0 Å². The van der Waals surface area contributed by atoms with Crippen LogP contribution in [0.5, 0.6) is 0 Å². The third-order valence-electron chi connectivity index (χ3n) is 3.59. The minimum Gasteiger partial charge on any atom is -0.347 e. The molecule has 20 heavy (non-hydrogen) atoms. The number of fused-ring (bicyclic) bond motifs is 1. The molecule has 2 N–H and O–H groups in total. The van der Waals surface area contributed by atoms with Gasteiger partial charge in [0.05, 0.1) is 5.52 Å². The molecule has 0 unspecified atom stereocenters. The second-order valence-corrected chi connectivity index (χ2v) is 5.11. The van der Waals surface area contributed by atoms with Crippen LogP contribution in [0.3, 0.4) is 0 Å². The molecule has 0 amide bonds. The number of hydrogen-bond acceptors (Lipinski definition) is 2. The van der Waals surface area contributed by atoms with Crippen LogP contribution < -0.4 is 5.73 Å². The highest BCUT2D eigenvalue weighted by atomic mass is 15.0. The van der Waals surface area contributed by atoms with E-state index in [2.05, 4.69) is 52.1 Å². The molecule has 3 heteroatoms. The van der Waals surface area contributed by atoms with Crippen LogP contribution in [0.1, 0.15) is 17.0 Å². The zero-order valence-electron chi connectivity index (χ0n) is 11.7. The maximum Gasteiger partial charge on any atom is 0.0708 e. The van der Waals surface area contributed by atoms with Gasteiger partial charge in [-0.2, -0.15) is 0 Å². The maximum atomic E-state index is 5.67. The van der Waals surface area contributed by atoms with Gasteiger partial charge in [0.2, 0.25) is 0 Å². The van der Waals surface area contributed by atoms with E-state index in [0.29, 0.717) is 6.54 Å². The second-order valence-electron chi connectivity index (χ2n) is 5.11. The molecule has 0 saturated carbocycles. The molecule has 0 aliphatic carbocycles. The highest BCUT2D eigenvalue weighted by molar-refractivity contribution is 5.82. The number of hydrogen-bond donors (Lipinski definition) is 1. The van der Waals surface area contributed by atoms with E-state index in [9.17, 15) is 0 Å². The van der Waals surface area contributed by atoms with Crippen molar-refractivity contribution in [2.45, 2.75) is 19.9 Å². The summed E-state index contributed by atoms with van der Waals surface area (Å²) < 4.78 is 2.27. The van der Waals surface area contributed by atoms with Crippen molar-refractivity contribution in [2.24, 2.45) is 5.73 Å². The summed E-state index contributed by atoms with van der Waals surface area (Å²) >= 11 is 0. The van der Waals surface area contributed by atoms with Gasteiger partial charge < -0.3 is 10.3 Å². The maximum absolute atomic E-state index is 5.67. The highest BCUT2D eigenvalue weighted by Crippen LogP contribution is 2.20. The molecule has 2 aromatic heterocycles. The van der Waals surface area contributed by atoms with Gasteiger partial charge in [-0.1, -0.05) is 18.2 Å². The molecule has 2 heterocycles. The molecule has 0 saturated heterocycles. The quantitative estimate of drug-likeness (QED) is 0.788. The number of aromatic nitrogens is 2. The van der Waals surface area contributed by atoms with Crippen LogP contribution in [0.25, 0.3) is 10.9 Å². The Balaban J connectivity index is 2.04. The van der Waals surface area contributed by atoms with Crippen LogP contribution >= 0.6 is 0 Å². The molecule has 0 radical (unpaired) electrons. The predicted octanol–water partition coefficient (Wildman–Crippen LogP) is 2.89. The van der Waals surface area contributed by atoms with Gasteiger partial charge in [0.25, 0.3) is 0 Å². The molecule has 3 nitrogen and oxygen atoms in total. The first kappa shape index (κ1) is 12.9. The van der Waals surface area contributed by atoms with Crippen molar-refractivity contribution in [2.75, 3.05) is 6.54 Å². The van der Waals surface area contributed by atoms with E-state index >= 15 is 0 Å². The van der Waals surface area contributed by atoms with E-state index in [0.717, 1.165) is 24.2 Å². The average Bonchev–Trinajstić information content (AvgIpc) is 2.86. The van der Waals surface area contributed by atoms with Gasteiger partial charge in [-0.3, -0.25) is 4.98 Å². The summed E-state index contributed by atoms with van der Waals surface area (Å²) in [7, 11) is 0. The third kappa shape index (κ3) is 2.45. The Morgan fingerprint density at radius 3 is 2.85 bits per heavy atom. The van der Waals surface area contributed by atoms with Crippen LogP contribution in [-0.4, -0.2) is 16.1 Å². The first-order valence-corrected chi connectivity index (χ1v) is 6.97. The van der Waals surface area contributed by atoms with Gasteiger partial charge >= 0.3 is 0 Å². The largest absolute Gasteiger partial charge is 0.347 e. The second kappa shape index (κ2) is 5.47. The monoisotopic (exact) mass is 265 g/mol. The number of nitrogens with zero attached hydrogens (tertiary/aromatic N) is 2. The van der Waals surface area contributed by atoms with Gasteiger partial charge in [0, 0.05) is 29.5 Å². The number of pyridine rings is 1. The van der Waals surface area contributed by atoms with E-state index in [1.807, 2.05) is 13.0 Å². The zero-order valence-corrected chi connectivity index (χ0v) is 11.7. The Kier molecular flexibility index (Phi) is 3.52. The molecule has 0 fully saturated rings. The average molecular weight is 265 g/mol. The van der Waals surface area contributed by atoms with Crippen molar-refractivity contribution >= 4 is 10.9 Å². The SMILES string of the molecule is Cc1cc(Cn2cccc2CCN)c2ccccc2n1. The molecule has 1 aromatic carbocycles. The number of benzene rings is 1. The van der Waals surface area contributed by atoms with Gasteiger partial charge in [0.15, 0.2) is 0 Å². The summed E-state index contributed by atoms with van der Waals surface area (Å²) in [5, 5.41) is 1.23. The van der Waals surface area contributed by atoms with Crippen molar-refractivity contribution in [1.29, 1.82) is 0 Å². The van der Waals surface area contributed by atoms with Gasteiger partial charge in [-0.25, -0.2) is 0 Å². The van der Waals surface area contributed by atoms with E-state index in [4.69, 9.17) is 5.73 Å². The molecule has 0 spiro atoms. The molecular formula is C17H19N3. The third-order valence-corrected chi connectivity index (χ3v) is 3.59. The van der Waals surface area contributed by atoms with Gasteiger partial charge in [-0.05, 0) is 49.7 Å². The number of rotatable bonds is 4. The summed E-state index contributed by atoms with van der Waals surface area (Å²) in [5.41, 5.74) is 10.4. The molecule has 0 aliphatic rings. The van der Waals surface area contributed by atoms with Crippen molar-refractivity contribution in [3.8, 4) is 0 Å². The van der Waals surface area contributed by atoms with E-state index < -0.39 is 0 Å². The minimum absolute atomic E-state index is 0.681. The fraction of sp³-hybridized carbons (Fsp3) is 0.235. The number of para-hydroxylation sites is 1. The van der Waals surface area contributed by atoms with Crippen LogP contribution in [-0.2, 0) is 13.0 Å². The molecule has 3 aromatic rings. The van der Waals surface area contributed by atoms with E-state index in [-0.39, 0.29) is 0 Å². The highest BCUT2D eigenvalue weighted by Gasteiger charge is 2.06. The summed E-state index contributed by atoms with van der Waals surface area (Å²) in [5.74, 6) is 0. The molecular weight excluding hydrogens is 246 g/mol. The van der Waals surface area contributed by atoms with Crippen molar-refractivity contribution in [3.63, 3.8) is 0 Å². The summed E-state index contributed by atoms with van der Waals surface area (Å²) in [6, 6.07) is 14.7. The van der Waals surface area contributed by atoms with Crippen LogP contribution in [0, 0.1) is 6.92 Å². The molecule has 102 valence electrons. The molecule has 3 rings (SSSR count). The lowest BCUT2D eigenvalue weighted by Crippen LogP contribution is -2.09. The molecule has 0 aliphatic heterocycles. The van der Waals surface area contributed by atoms with Gasteiger partial charge in [-0.15, -0.1) is 0 Å². The Hall–Kier alpha value is -2.13. The lowest BCUT2D eigenvalue weighted by molar-refractivity contribution is 0.739. The first-order valence-electron chi connectivity index (χ1n) is 6.97. The first-order chi connectivity index (χ1) is 9.78. The van der Waals surface area contributed by atoms with Crippen LogP contribution in [0.2, 0.25) is 0 Å². The number of aryl methyl sites for hydroxylation is 1. The Labute approximate surface area is 119 Å². The predicted molar refractivity (Wildman–Crippen MR) is 82.8 cm³/mol. The van der Waals surface area contributed by atoms with Crippen molar-refractivity contribution in [1.82, 2.24) is 9.55 Å².